The maximum Gasteiger partial charge on any atom is 0.243 e. The minimum atomic E-state index is -4.08. The zero-order valence-corrected chi connectivity index (χ0v) is 16.5. The number of carbonyl (C=O) groups is 1. The number of aliphatic hydroxyl groups is 2. The van der Waals surface area contributed by atoms with E-state index in [-0.39, 0.29) is 35.3 Å². The molecule has 0 aromatic heterocycles. The number of hydrogen-bond donors (Lipinski definition) is 3. The van der Waals surface area contributed by atoms with E-state index in [0.717, 1.165) is 4.31 Å². The molecular formula is C16H24N2O7S2. The van der Waals surface area contributed by atoms with Gasteiger partial charge in [-0.05, 0) is 24.1 Å². The van der Waals surface area contributed by atoms with Crippen molar-refractivity contribution in [3.63, 3.8) is 0 Å². The molecule has 2 rings (SSSR count). The van der Waals surface area contributed by atoms with Crippen LogP contribution in [0.3, 0.4) is 0 Å². The van der Waals surface area contributed by atoms with Gasteiger partial charge in [0.2, 0.25) is 15.9 Å². The van der Waals surface area contributed by atoms with Gasteiger partial charge in [0.15, 0.2) is 9.84 Å². The highest BCUT2D eigenvalue weighted by atomic mass is 32.2. The number of hydrogen-bond acceptors (Lipinski definition) is 7. The summed E-state index contributed by atoms with van der Waals surface area (Å²) in [7, 11) is -7.42. The quantitative estimate of drug-likeness (QED) is 0.482. The molecule has 1 amide bonds. The topological polar surface area (TPSA) is 141 Å². The molecule has 27 heavy (non-hydrogen) atoms. The fourth-order valence-corrected chi connectivity index (χ4v) is 6.37. The van der Waals surface area contributed by atoms with Crippen LogP contribution >= 0.6 is 0 Å². The molecular weight excluding hydrogens is 396 g/mol. The van der Waals surface area contributed by atoms with E-state index < -0.39 is 45.2 Å². The first-order chi connectivity index (χ1) is 12.5. The Morgan fingerprint density at radius 3 is 2.44 bits per heavy atom. The number of benzene rings is 1. The summed E-state index contributed by atoms with van der Waals surface area (Å²) in [5.41, 5.74) is 0.703. The van der Waals surface area contributed by atoms with Crippen LogP contribution in [-0.2, 0) is 31.2 Å². The monoisotopic (exact) mass is 420 g/mol. The van der Waals surface area contributed by atoms with Crippen molar-refractivity contribution >= 4 is 25.8 Å². The number of nitrogens with one attached hydrogen (secondary N) is 1. The van der Waals surface area contributed by atoms with Crippen molar-refractivity contribution in [1.82, 2.24) is 9.62 Å². The lowest BCUT2D eigenvalue weighted by molar-refractivity contribution is -0.119. The van der Waals surface area contributed by atoms with E-state index in [2.05, 4.69) is 5.32 Å². The molecule has 1 aromatic carbocycles. The molecule has 1 saturated heterocycles. The van der Waals surface area contributed by atoms with E-state index >= 15 is 0 Å². The first kappa shape index (κ1) is 21.8. The highest BCUT2D eigenvalue weighted by Crippen LogP contribution is 2.25. The summed E-state index contributed by atoms with van der Waals surface area (Å²) in [6.07, 6.45) is -1.18. The number of sulfonamides is 1. The van der Waals surface area contributed by atoms with Gasteiger partial charge in [-0.25, -0.2) is 16.8 Å². The van der Waals surface area contributed by atoms with Crippen LogP contribution < -0.4 is 5.32 Å². The number of carbonyl (C=O) groups excluding carboxylic acids is 1. The van der Waals surface area contributed by atoms with E-state index in [9.17, 15) is 26.7 Å². The Morgan fingerprint density at radius 1 is 1.33 bits per heavy atom. The van der Waals surface area contributed by atoms with Gasteiger partial charge in [-0.3, -0.25) is 4.79 Å². The zero-order chi connectivity index (χ0) is 20.2. The molecule has 1 aliphatic rings. The SMILES string of the molecule is CC(=O)NCc1ccc(S(=O)(=O)N(C[C@@H](O)CO)[C@H]2CCS(=O)(=O)C2)cc1. The van der Waals surface area contributed by atoms with Gasteiger partial charge in [0.1, 0.15) is 0 Å². The molecule has 0 unspecified atom stereocenters. The second-order valence-corrected chi connectivity index (χ2v) is 10.6. The van der Waals surface area contributed by atoms with E-state index in [1.54, 1.807) is 12.1 Å². The second-order valence-electron chi connectivity index (χ2n) is 6.52. The van der Waals surface area contributed by atoms with Gasteiger partial charge in [-0.15, -0.1) is 0 Å². The van der Waals surface area contributed by atoms with Crippen LogP contribution in [0.5, 0.6) is 0 Å². The Labute approximate surface area is 159 Å². The van der Waals surface area contributed by atoms with Crippen molar-refractivity contribution in [3.05, 3.63) is 29.8 Å². The van der Waals surface area contributed by atoms with Crippen LogP contribution in [0.25, 0.3) is 0 Å². The lowest BCUT2D eigenvalue weighted by Crippen LogP contribution is -2.46. The Balaban J connectivity index is 2.28. The largest absolute Gasteiger partial charge is 0.394 e. The van der Waals surface area contributed by atoms with Crippen molar-refractivity contribution in [2.24, 2.45) is 0 Å². The van der Waals surface area contributed by atoms with Gasteiger partial charge < -0.3 is 15.5 Å². The van der Waals surface area contributed by atoms with Crippen LogP contribution in [0, 0.1) is 0 Å². The Bertz CT molecular complexity index is 867. The second kappa shape index (κ2) is 8.65. The molecule has 1 fully saturated rings. The molecule has 0 saturated carbocycles. The number of aliphatic hydroxyl groups excluding tert-OH is 2. The molecule has 0 spiro atoms. The van der Waals surface area contributed by atoms with E-state index in [0.29, 0.717) is 5.56 Å². The van der Waals surface area contributed by atoms with Crippen LogP contribution in [-0.4, -0.2) is 74.1 Å². The summed E-state index contributed by atoms with van der Waals surface area (Å²) in [6.45, 7) is 0.593. The first-order valence-electron chi connectivity index (χ1n) is 8.40. The standard InChI is InChI=1S/C16H24N2O7S2/c1-12(20)17-8-13-2-4-16(5-3-13)27(24,25)18(9-15(21)10-19)14-6-7-26(22,23)11-14/h2-5,14-15,19,21H,6-11H2,1H3,(H,17,20)/t14-,15+/m0/s1. The Kier molecular flexibility index (Phi) is 6.98. The van der Waals surface area contributed by atoms with Crippen molar-refractivity contribution in [2.75, 3.05) is 24.7 Å². The van der Waals surface area contributed by atoms with Crippen LogP contribution in [0.15, 0.2) is 29.2 Å². The predicted molar refractivity (Wildman–Crippen MR) is 98.0 cm³/mol. The molecule has 9 nitrogen and oxygen atoms in total. The van der Waals surface area contributed by atoms with E-state index in [1.807, 2.05) is 0 Å². The van der Waals surface area contributed by atoms with Crippen LogP contribution in [0.1, 0.15) is 18.9 Å². The summed E-state index contributed by atoms with van der Waals surface area (Å²) >= 11 is 0. The van der Waals surface area contributed by atoms with E-state index in [1.165, 1.54) is 19.1 Å². The third kappa shape index (κ3) is 5.72. The fourth-order valence-electron chi connectivity index (χ4n) is 2.85. The van der Waals surface area contributed by atoms with E-state index in [4.69, 9.17) is 5.11 Å². The molecule has 152 valence electrons. The summed E-state index contributed by atoms with van der Waals surface area (Å²) in [4.78, 5) is 10.9. The van der Waals surface area contributed by atoms with Gasteiger partial charge >= 0.3 is 0 Å². The zero-order valence-electron chi connectivity index (χ0n) is 14.9. The molecule has 0 radical (unpaired) electrons. The molecule has 11 heteroatoms. The maximum atomic E-state index is 13.0. The Hall–Kier alpha value is -1.53. The lowest BCUT2D eigenvalue weighted by Gasteiger charge is -2.29. The van der Waals surface area contributed by atoms with Crippen LogP contribution in [0.4, 0.5) is 0 Å². The van der Waals surface area contributed by atoms with Crippen molar-refractivity contribution in [1.29, 1.82) is 0 Å². The number of sulfone groups is 1. The highest BCUT2D eigenvalue weighted by molar-refractivity contribution is 7.92. The minimum absolute atomic E-state index is 0.0523. The van der Waals surface area contributed by atoms with Crippen molar-refractivity contribution in [3.8, 4) is 0 Å². The van der Waals surface area contributed by atoms with Gasteiger partial charge in [-0.1, -0.05) is 12.1 Å². The number of rotatable bonds is 8. The van der Waals surface area contributed by atoms with Gasteiger partial charge in [-0.2, -0.15) is 4.31 Å². The third-order valence-corrected chi connectivity index (χ3v) is 7.97. The summed E-state index contributed by atoms with van der Waals surface area (Å²) in [5, 5.41) is 21.4. The summed E-state index contributed by atoms with van der Waals surface area (Å²) in [5.74, 6) is -0.641. The summed E-state index contributed by atoms with van der Waals surface area (Å²) < 4.78 is 50.6. The van der Waals surface area contributed by atoms with Gasteiger partial charge in [0.25, 0.3) is 0 Å². The maximum absolute atomic E-state index is 13.0. The highest BCUT2D eigenvalue weighted by Gasteiger charge is 2.39. The molecule has 2 atom stereocenters. The van der Waals surface area contributed by atoms with Crippen molar-refractivity contribution in [2.45, 2.75) is 36.9 Å². The average Bonchev–Trinajstić information content (AvgIpc) is 2.97. The smallest absolute Gasteiger partial charge is 0.243 e. The molecule has 1 aromatic rings. The predicted octanol–water partition coefficient (Wildman–Crippen LogP) is -1.15. The fraction of sp³-hybridized carbons (Fsp3) is 0.562. The van der Waals surface area contributed by atoms with Gasteiger partial charge in [0, 0.05) is 26.1 Å². The minimum Gasteiger partial charge on any atom is -0.394 e. The Morgan fingerprint density at radius 2 is 1.96 bits per heavy atom. The molecule has 1 heterocycles. The van der Waals surface area contributed by atoms with Crippen LogP contribution in [0.2, 0.25) is 0 Å². The average molecular weight is 421 g/mol. The molecule has 0 aliphatic carbocycles. The summed E-state index contributed by atoms with van der Waals surface area (Å²) in [6, 6.07) is 5.05. The first-order valence-corrected chi connectivity index (χ1v) is 11.7. The number of amides is 1. The third-order valence-electron chi connectivity index (χ3n) is 4.29. The molecule has 3 N–H and O–H groups in total. The molecule has 0 bridgehead atoms. The van der Waals surface area contributed by atoms with Gasteiger partial charge in [0.05, 0.1) is 29.1 Å². The molecule has 1 aliphatic heterocycles. The normalized spacial score (nSPS) is 20.5. The van der Waals surface area contributed by atoms with Crippen molar-refractivity contribution < 1.29 is 31.8 Å². The lowest BCUT2D eigenvalue weighted by atomic mass is 10.2. The number of nitrogens with zero attached hydrogens (tertiary/aromatic N) is 1.